The number of ether oxygens (including phenoxy) is 1. The van der Waals surface area contributed by atoms with Crippen molar-refractivity contribution < 1.29 is 14.6 Å². The van der Waals surface area contributed by atoms with Crippen LogP contribution in [0, 0.1) is 6.92 Å². The Hall–Kier alpha value is -2.94. The second kappa shape index (κ2) is 9.47. The van der Waals surface area contributed by atoms with E-state index in [1.807, 2.05) is 13.0 Å². The van der Waals surface area contributed by atoms with E-state index in [4.69, 9.17) is 16.3 Å². The Morgan fingerprint density at radius 3 is 3.03 bits per heavy atom. The molecule has 0 aliphatic carbocycles. The van der Waals surface area contributed by atoms with Crippen LogP contribution in [-0.2, 0) is 4.74 Å². The van der Waals surface area contributed by atoms with Gasteiger partial charge in [-0.3, -0.25) is 4.79 Å². The zero-order chi connectivity index (χ0) is 21.8. The molecule has 31 heavy (non-hydrogen) atoms. The van der Waals surface area contributed by atoms with Crippen molar-refractivity contribution in [3.63, 3.8) is 0 Å². The van der Waals surface area contributed by atoms with E-state index < -0.39 is 6.04 Å². The molecule has 1 unspecified atom stereocenters. The molecule has 0 spiro atoms. The van der Waals surface area contributed by atoms with E-state index in [0.717, 1.165) is 24.2 Å². The molecule has 2 atom stereocenters. The molecule has 3 heterocycles. The smallest absolute Gasteiger partial charge is 0.253 e. The number of aliphatic hydroxyl groups is 1. The molecule has 1 fully saturated rings. The third-order valence-corrected chi connectivity index (χ3v) is 5.38. The van der Waals surface area contributed by atoms with E-state index in [1.165, 1.54) is 0 Å². The summed E-state index contributed by atoms with van der Waals surface area (Å²) >= 11 is 6.03. The lowest BCUT2D eigenvalue weighted by Crippen LogP contribution is -2.30. The standard InChI is InChI=1S/C22H24ClN5O3/c1-14-10-24-22(25-18-6-8-31-13-18)27-20(14)28-7-5-16(11-28)21(30)26-19(12-29)15-3-2-4-17(23)9-15/h2-5,7,9-11,18-19,29H,6,8,12-13H2,1H3,(H,26,30)(H,24,25,27)/t18-,19?/m0/s1. The van der Waals surface area contributed by atoms with E-state index in [2.05, 4.69) is 20.6 Å². The fraction of sp³-hybridized carbons (Fsp3) is 0.318. The number of nitrogens with zero attached hydrogens (tertiary/aromatic N) is 3. The van der Waals surface area contributed by atoms with Gasteiger partial charge in [0.1, 0.15) is 5.82 Å². The van der Waals surface area contributed by atoms with E-state index >= 15 is 0 Å². The van der Waals surface area contributed by atoms with Crippen molar-refractivity contribution >= 4 is 23.5 Å². The minimum absolute atomic E-state index is 0.198. The molecule has 9 heteroatoms. The number of nitrogens with one attached hydrogen (secondary N) is 2. The maximum absolute atomic E-state index is 12.8. The molecule has 0 bridgehead atoms. The Kier molecular flexibility index (Phi) is 6.50. The first-order valence-electron chi connectivity index (χ1n) is 10.1. The molecule has 2 aromatic heterocycles. The van der Waals surface area contributed by atoms with E-state index in [1.54, 1.807) is 47.4 Å². The molecule has 8 nitrogen and oxygen atoms in total. The second-order valence-corrected chi connectivity index (χ2v) is 7.91. The van der Waals surface area contributed by atoms with Gasteiger partial charge in [-0.2, -0.15) is 4.98 Å². The maximum Gasteiger partial charge on any atom is 0.253 e. The average Bonchev–Trinajstić information content (AvgIpc) is 3.45. The molecule has 162 valence electrons. The molecule has 3 aromatic rings. The van der Waals surface area contributed by atoms with Gasteiger partial charge in [-0.25, -0.2) is 4.98 Å². The van der Waals surface area contributed by atoms with Gasteiger partial charge in [0.25, 0.3) is 5.91 Å². The zero-order valence-corrected chi connectivity index (χ0v) is 17.8. The van der Waals surface area contributed by atoms with E-state index in [9.17, 15) is 9.90 Å². The summed E-state index contributed by atoms with van der Waals surface area (Å²) in [4.78, 5) is 21.7. The first kappa shape index (κ1) is 21.3. The lowest BCUT2D eigenvalue weighted by molar-refractivity contribution is 0.0916. The summed E-state index contributed by atoms with van der Waals surface area (Å²) < 4.78 is 7.17. The summed E-state index contributed by atoms with van der Waals surface area (Å²) in [7, 11) is 0. The minimum atomic E-state index is -0.556. The van der Waals surface area contributed by atoms with Crippen LogP contribution >= 0.6 is 11.6 Å². The number of aliphatic hydroxyl groups excluding tert-OH is 1. The highest BCUT2D eigenvalue weighted by atomic mass is 35.5. The van der Waals surface area contributed by atoms with Gasteiger partial charge in [-0.1, -0.05) is 23.7 Å². The van der Waals surface area contributed by atoms with Gasteiger partial charge in [0, 0.05) is 35.8 Å². The van der Waals surface area contributed by atoms with Gasteiger partial charge in [-0.05, 0) is 37.1 Å². The van der Waals surface area contributed by atoms with E-state index in [0.29, 0.717) is 29.0 Å². The largest absolute Gasteiger partial charge is 0.394 e. The molecule has 1 amide bonds. The average molecular weight is 442 g/mol. The topological polar surface area (TPSA) is 101 Å². The van der Waals surface area contributed by atoms with Crippen molar-refractivity contribution in [2.24, 2.45) is 0 Å². The predicted octanol–water partition coefficient (Wildman–Crippen LogP) is 2.89. The van der Waals surface area contributed by atoms with Gasteiger partial charge >= 0.3 is 0 Å². The van der Waals surface area contributed by atoms with Gasteiger partial charge < -0.3 is 25.0 Å². The quantitative estimate of drug-likeness (QED) is 0.521. The number of carbonyl (C=O) groups is 1. The van der Waals surface area contributed by atoms with Crippen molar-refractivity contribution in [3.05, 3.63) is 70.6 Å². The van der Waals surface area contributed by atoms with E-state index in [-0.39, 0.29) is 18.6 Å². The fourth-order valence-electron chi connectivity index (χ4n) is 3.46. The highest BCUT2D eigenvalue weighted by Gasteiger charge is 2.19. The van der Waals surface area contributed by atoms with Crippen LogP contribution in [-0.4, -0.2) is 51.4 Å². The Labute approximate surface area is 185 Å². The second-order valence-electron chi connectivity index (χ2n) is 7.48. The predicted molar refractivity (Wildman–Crippen MR) is 118 cm³/mol. The van der Waals surface area contributed by atoms with Gasteiger partial charge in [0.2, 0.25) is 5.95 Å². The van der Waals surface area contributed by atoms with Crippen LogP contribution < -0.4 is 10.6 Å². The molecular weight excluding hydrogens is 418 g/mol. The molecule has 1 aromatic carbocycles. The minimum Gasteiger partial charge on any atom is -0.394 e. The number of amides is 1. The molecular formula is C22H24ClN5O3. The number of anilines is 1. The lowest BCUT2D eigenvalue weighted by atomic mass is 10.1. The van der Waals surface area contributed by atoms with Crippen LogP contribution in [0.25, 0.3) is 5.82 Å². The SMILES string of the molecule is Cc1cnc(N[C@H]2CCOC2)nc1-n1ccc(C(=O)NC(CO)c2cccc(Cl)c2)c1. The van der Waals surface area contributed by atoms with Gasteiger partial charge in [-0.15, -0.1) is 0 Å². The molecule has 1 saturated heterocycles. The Bertz CT molecular complexity index is 1060. The van der Waals surface area contributed by atoms with Crippen LogP contribution in [0.1, 0.15) is 33.9 Å². The van der Waals surface area contributed by atoms with Gasteiger partial charge in [0.15, 0.2) is 0 Å². The lowest BCUT2D eigenvalue weighted by Gasteiger charge is -2.16. The van der Waals surface area contributed by atoms with Crippen molar-refractivity contribution in [2.75, 3.05) is 25.1 Å². The number of halogens is 1. The fourth-order valence-corrected chi connectivity index (χ4v) is 3.66. The number of carbonyl (C=O) groups excluding carboxylic acids is 1. The Morgan fingerprint density at radius 2 is 2.29 bits per heavy atom. The number of benzene rings is 1. The Balaban J connectivity index is 1.50. The third kappa shape index (κ3) is 5.04. The number of aryl methyl sites for hydroxylation is 1. The molecule has 3 N–H and O–H groups in total. The molecule has 1 aliphatic heterocycles. The summed E-state index contributed by atoms with van der Waals surface area (Å²) in [5, 5.41) is 16.4. The van der Waals surface area contributed by atoms with Crippen LogP contribution in [0.4, 0.5) is 5.95 Å². The molecule has 1 aliphatic rings. The molecule has 0 saturated carbocycles. The van der Waals surface area contributed by atoms with Crippen molar-refractivity contribution in [3.8, 4) is 5.82 Å². The molecule has 4 rings (SSSR count). The van der Waals surface area contributed by atoms with Crippen molar-refractivity contribution in [1.82, 2.24) is 19.9 Å². The number of rotatable bonds is 7. The van der Waals surface area contributed by atoms with Crippen LogP contribution in [0.3, 0.4) is 0 Å². The summed E-state index contributed by atoms with van der Waals surface area (Å²) in [6.45, 7) is 3.05. The summed E-state index contributed by atoms with van der Waals surface area (Å²) in [6, 6.07) is 8.41. The van der Waals surface area contributed by atoms with Gasteiger partial charge in [0.05, 0.1) is 30.9 Å². The van der Waals surface area contributed by atoms with Crippen LogP contribution in [0.2, 0.25) is 5.02 Å². The molecule has 0 radical (unpaired) electrons. The van der Waals surface area contributed by atoms with Crippen molar-refractivity contribution in [2.45, 2.75) is 25.4 Å². The van der Waals surface area contributed by atoms with Crippen LogP contribution in [0.15, 0.2) is 48.9 Å². The monoisotopic (exact) mass is 441 g/mol. The zero-order valence-electron chi connectivity index (χ0n) is 17.1. The first-order chi connectivity index (χ1) is 15.0. The summed E-state index contributed by atoms with van der Waals surface area (Å²) in [5.74, 6) is 0.909. The highest BCUT2D eigenvalue weighted by molar-refractivity contribution is 6.30. The number of aromatic nitrogens is 3. The third-order valence-electron chi connectivity index (χ3n) is 5.15. The Morgan fingerprint density at radius 1 is 1.42 bits per heavy atom. The summed E-state index contributed by atoms with van der Waals surface area (Å²) in [5.41, 5.74) is 2.07. The van der Waals surface area contributed by atoms with Crippen molar-refractivity contribution in [1.29, 1.82) is 0 Å². The highest BCUT2D eigenvalue weighted by Crippen LogP contribution is 2.20. The number of hydrogen-bond acceptors (Lipinski definition) is 6. The normalized spacial score (nSPS) is 16.8. The maximum atomic E-state index is 12.8. The number of hydrogen-bond donors (Lipinski definition) is 3. The summed E-state index contributed by atoms with van der Waals surface area (Å²) in [6.07, 6.45) is 6.15. The van der Waals surface area contributed by atoms with Crippen LogP contribution in [0.5, 0.6) is 0 Å². The first-order valence-corrected chi connectivity index (χ1v) is 10.4.